The van der Waals surface area contributed by atoms with Crippen LogP contribution >= 0.6 is 7.82 Å². The van der Waals surface area contributed by atoms with Gasteiger partial charge in [0.2, 0.25) is 0 Å². The number of likely N-dealkylation sites (N-methyl/N-ethyl adjacent to an activating group) is 1. The van der Waals surface area contributed by atoms with Gasteiger partial charge in [0, 0.05) is 13.0 Å². The molecule has 9 heteroatoms. The van der Waals surface area contributed by atoms with Crippen LogP contribution in [-0.2, 0) is 27.9 Å². The van der Waals surface area contributed by atoms with Crippen LogP contribution in [0.5, 0.6) is 0 Å². The number of hydrogen-bond donors (Lipinski definition) is 1. The van der Waals surface area contributed by atoms with E-state index in [0.29, 0.717) is 24.1 Å². The number of esters is 1. The van der Waals surface area contributed by atoms with E-state index in [1.807, 2.05) is 21.1 Å². The number of nitrogens with zero attached hydrogens (tertiary/aromatic N) is 1. The van der Waals surface area contributed by atoms with Crippen LogP contribution < -0.4 is 0 Å². The average Bonchev–Trinajstić information content (AvgIpc) is 3.23. The molecule has 0 aliphatic carbocycles. The first-order valence-electron chi connectivity index (χ1n) is 26.9. The molecule has 2 atom stereocenters. The van der Waals surface area contributed by atoms with Crippen molar-refractivity contribution in [1.82, 2.24) is 0 Å². The van der Waals surface area contributed by atoms with Gasteiger partial charge < -0.3 is 18.9 Å². The fourth-order valence-electron chi connectivity index (χ4n) is 7.90. The third-order valence-electron chi connectivity index (χ3n) is 12.1. The summed E-state index contributed by atoms with van der Waals surface area (Å²) in [5, 5.41) is 0. The molecular formula is C53H107NO7P+. The van der Waals surface area contributed by atoms with Crippen molar-refractivity contribution in [3.8, 4) is 0 Å². The number of rotatable bonds is 51. The van der Waals surface area contributed by atoms with Gasteiger partial charge in [-0.3, -0.25) is 13.8 Å². The van der Waals surface area contributed by atoms with E-state index >= 15 is 0 Å². The highest BCUT2D eigenvalue weighted by molar-refractivity contribution is 7.47. The summed E-state index contributed by atoms with van der Waals surface area (Å²) in [6.07, 6.45) is 54.0. The first kappa shape index (κ1) is 61.2. The lowest BCUT2D eigenvalue weighted by molar-refractivity contribution is -0.870. The van der Waals surface area contributed by atoms with Crippen LogP contribution in [0.4, 0.5) is 0 Å². The maximum absolute atomic E-state index is 12.8. The molecule has 0 spiro atoms. The minimum Gasteiger partial charge on any atom is -0.457 e. The van der Waals surface area contributed by atoms with Crippen molar-refractivity contribution < 1.29 is 37.3 Å². The Hall–Kier alpha value is -0.760. The highest BCUT2D eigenvalue weighted by Gasteiger charge is 2.26. The predicted molar refractivity (Wildman–Crippen MR) is 266 cm³/mol. The standard InChI is InChI=1S/C53H106NO7P/c1-6-8-10-12-14-16-18-20-22-24-26-27-28-29-30-32-34-36-38-40-42-44-46-53(55)61-52(51-60-62(56,57)59-49-47-54(3,4)5)50-58-48-45-43-41-39-37-35-33-31-25-23-21-19-17-15-13-11-9-7-2/h21,23,52H,6-20,22,24-51H2,1-5H3/p+1/b23-21-. The first-order valence-corrected chi connectivity index (χ1v) is 28.4. The van der Waals surface area contributed by atoms with Gasteiger partial charge in [-0.25, -0.2) is 4.57 Å². The molecule has 370 valence electrons. The second kappa shape index (κ2) is 46.8. The number of phosphoric acid groups is 1. The van der Waals surface area contributed by atoms with Gasteiger partial charge in [-0.2, -0.15) is 0 Å². The Kier molecular flexibility index (Phi) is 46.2. The third-order valence-corrected chi connectivity index (χ3v) is 13.1. The minimum absolute atomic E-state index is 0.0917. The first-order chi connectivity index (χ1) is 30.1. The molecule has 0 aliphatic rings. The Morgan fingerprint density at radius 1 is 0.484 bits per heavy atom. The lowest BCUT2D eigenvalue weighted by atomic mass is 10.0. The van der Waals surface area contributed by atoms with Crippen LogP contribution in [0.2, 0.25) is 0 Å². The van der Waals surface area contributed by atoms with Gasteiger partial charge in [-0.15, -0.1) is 0 Å². The molecule has 0 fully saturated rings. The normalized spacial score (nSPS) is 13.6. The van der Waals surface area contributed by atoms with Crippen molar-refractivity contribution in [3.63, 3.8) is 0 Å². The molecule has 8 nitrogen and oxygen atoms in total. The second-order valence-electron chi connectivity index (χ2n) is 19.6. The van der Waals surface area contributed by atoms with Gasteiger partial charge in [0.05, 0.1) is 34.4 Å². The Labute approximate surface area is 386 Å². The van der Waals surface area contributed by atoms with E-state index in [1.54, 1.807) is 0 Å². The fourth-order valence-corrected chi connectivity index (χ4v) is 8.65. The summed E-state index contributed by atoms with van der Waals surface area (Å²) in [5.41, 5.74) is 0. The number of quaternary nitrogens is 1. The van der Waals surface area contributed by atoms with Crippen LogP contribution in [0.25, 0.3) is 0 Å². The number of phosphoric ester groups is 1. The predicted octanol–water partition coefficient (Wildman–Crippen LogP) is 16.6. The molecule has 0 radical (unpaired) electrons. The molecular weight excluding hydrogens is 794 g/mol. The Morgan fingerprint density at radius 2 is 0.839 bits per heavy atom. The van der Waals surface area contributed by atoms with E-state index in [-0.39, 0.29) is 25.8 Å². The summed E-state index contributed by atoms with van der Waals surface area (Å²) in [5.74, 6) is -0.307. The van der Waals surface area contributed by atoms with Crippen molar-refractivity contribution >= 4 is 13.8 Å². The van der Waals surface area contributed by atoms with Crippen LogP contribution in [0.1, 0.15) is 264 Å². The van der Waals surface area contributed by atoms with Gasteiger partial charge in [0.15, 0.2) is 0 Å². The van der Waals surface area contributed by atoms with Crippen molar-refractivity contribution in [2.75, 3.05) is 54.1 Å². The van der Waals surface area contributed by atoms with Crippen molar-refractivity contribution in [2.45, 2.75) is 270 Å². The summed E-state index contributed by atoms with van der Waals surface area (Å²) < 4.78 is 35.2. The monoisotopic (exact) mass is 901 g/mol. The van der Waals surface area contributed by atoms with Gasteiger partial charge >= 0.3 is 13.8 Å². The van der Waals surface area contributed by atoms with Gasteiger partial charge in [-0.05, 0) is 38.5 Å². The SMILES string of the molecule is CCCCCCCC/C=C\CCCCCCCCCCOCC(COP(=O)(O)OCC[N+](C)(C)C)OC(=O)CCCCCCCCCCCCCCCCCCCCCCCC. The highest BCUT2D eigenvalue weighted by Crippen LogP contribution is 2.43. The molecule has 0 heterocycles. The number of carbonyl (C=O) groups is 1. The zero-order valence-electron chi connectivity index (χ0n) is 42.1. The molecule has 0 aromatic rings. The van der Waals surface area contributed by atoms with E-state index in [1.165, 1.54) is 212 Å². The van der Waals surface area contributed by atoms with E-state index in [9.17, 15) is 14.3 Å². The smallest absolute Gasteiger partial charge is 0.457 e. The van der Waals surface area contributed by atoms with Crippen LogP contribution in [0.3, 0.4) is 0 Å². The highest BCUT2D eigenvalue weighted by atomic mass is 31.2. The van der Waals surface area contributed by atoms with E-state index in [2.05, 4.69) is 26.0 Å². The second-order valence-corrected chi connectivity index (χ2v) is 21.1. The Bertz CT molecular complexity index is 1000. The molecule has 0 amide bonds. The van der Waals surface area contributed by atoms with Crippen LogP contribution in [0.15, 0.2) is 12.2 Å². The number of ether oxygens (including phenoxy) is 2. The quantitative estimate of drug-likeness (QED) is 0.0214. The Balaban J connectivity index is 4.07. The molecule has 62 heavy (non-hydrogen) atoms. The molecule has 0 aliphatic heterocycles. The van der Waals surface area contributed by atoms with Gasteiger partial charge in [0.1, 0.15) is 19.3 Å². The average molecular weight is 901 g/mol. The lowest BCUT2D eigenvalue weighted by Gasteiger charge is -2.24. The minimum atomic E-state index is -4.28. The number of hydrogen-bond acceptors (Lipinski definition) is 6. The van der Waals surface area contributed by atoms with E-state index in [4.69, 9.17) is 18.5 Å². The largest absolute Gasteiger partial charge is 0.472 e. The molecule has 0 aromatic heterocycles. The lowest BCUT2D eigenvalue weighted by Crippen LogP contribution is -2.37. The summed E-state index contributed by atoms with van der Waals surface area (Å²) in [7, 11) is 1.68. The molecule has 0 aromatic carbocycles. The van der Waals surface area contributed by atoms with Crippen LogP contribution in [-0.4, -0.2) is 75.6 Å². The summed E-state index contributed by atoms with van der Waals surface area (Å²) in [4.78, 5) is 23.0. The molecule has 0 saturated heterocycles. The maximum atomic E-state index is 12.8. The van der Waals surface area contributed by atoms with Gasteiger partial charge in [-0.1, -0.05) is 231 Å². The molecule has 0 saturated carbocycles. The zero-order valence-corrected chi connectivity index (χ0v) is 43.0. The van der Waals surface area contributed by atoms with E-state index in [0.717, 1.165) is 32.1 Å². The summed E-state index contributed by atoms with van der Waals surface area (Å²) in [6.45, 7) is 5.68. The Morgan fingerprint density at radius 3 is 1.23 bits per heavy atom. The van der Waals surface area contributed by atoms with Crippen LogP contribution in [0, 0.1) is 0 Å². The molecule has 2 unspecified atom stereocenters. The number of allylic oxidation sites excluding steroid dienone is 2. The molecule has 0 bridgehead atoms. The fraction of sp³-hybridized carbons (Fsp3) is 0.943. The number of unbranched alkanes of at least 4 members (excludes halogenated alkanes) is 35. The third kappa shape index (κ3) is 50.2. The van der Waals surface area contributed by atoms with E-state index < -0.39 is 13.9 Å². The van der Waals surface area contributed by atoms with Crippen molar-refractivity contribution in [2.24, 2.45) is 0 Å². The summed E-state index contributed by atoms with van der Waals surface area (Å²) >= 11 is 0. The maximum Gasteiger partial charge on any atom is 0.472 e. The molecule has 1 N–H and O–H groups in total. The van der Waals surface area contributed by atoms with Gasteiger partial charge in [0.25, 0.3) is 0 Å². The summed E-state index contributed by atoms with van der Waals surface area (Å²) in [6, 6.07) is 0. The topological polar surface area (TPSA) is 91.3 Å². The number of carbonyl (C=O) groups excluding carboxylic acids is 1. The van der Waals surface area contributed by atoms with Crippen molar-refractivity contribution in [1.29, 1.82) is 0 Å². The zero-order chi connectivity index (χ0) is 45.5. The molecule has 0 rings (SSSR count). The van der Waals surface area contributed by atoms with Crippen molar-refractivity contribution in [3.05, 3.63) is 12.2 Å².